The van der Waals surface area contributed by atoms with E-state index in [0.29, 0.717) is 11.6 Å². The summed E-state index contributed by atoms with van der Waals surface area (Å²) in [5, 5.41) is 3.92. The summed E-state index contributed by atoms with van der Waals surface area (Å²) in [6, 6.07) is 13.7. The average Bonchev–Trinajstić information content (AvgIpc) is 2.67. The molecule has 5 nitrogen and oxygen atoms in total. The van der Waals surface area contributed by atoms with E-state index in [1.54, 1.807) is 7.11 Å². The van der Waals surface area contributed by atoms with Gasteiger partial charge in [0.2, 0.25) is 5.91 Å². The zero-order valence-corrected chi connectivity index (χ0v) is 15.9. The van der Waals surface area contributed by atoms with Gasteiger partial charge >= 0.3 is 0 Å². The van der Waals surface area contributed by atoms with Crippen LogP contribution in [0.1, 0.15) is 5.56 Å². The van der Waals surface area contributed by atoms with Gasteiger partial charge < -0.3 is 19.9 Å². The lowest BCUT2D eigenvalue weighted by Crippen LogP contribution is -2.50. The molecule has 1 aliphatic heterocycles. The molecule has 0 radical (unpaired) electrons. The molecule has 1 aliphatic rings. The van der Waals surface area contributed by atoms with Crippen LogP contribution in [0.2, 0.25) is 5.02 Å². The normalized spacial score (nSPS) is 14.3. The fourth-order valence-electron chi connectivity index (χ4n) is 3.12. The van der Waals surface area contributed by atoms with E-state index in [4.69, 9.17) is 16.3 Å². The van der Waals surface area contributed by atoms with Gasteiger partial charge in [-0.2, -0.15) is 0 Å². The van der Waals surface area contributed by atoms with Crippen LogP contribution >= 0.6 is 11.6 Å². The second-order valence-corrected chi connectivity index (χ2v) is 6.82. The molecule has 3 rings (SSSR count). The van der Waals surface area contributed by atoms with Crippen molar-refractivity contribution < 1.29 is 9.53 Å². The molecule has 2 aromatic carbocycles. The lowest BCUT2D eigenvalue weighted by Gasteiger charge is -2.36. The number of ether oxygens (including phenoxy) is 1. The number of hydrogen-bond donors (Lipinski definition) is 1. The summed E-state index contributed by atoms with van der Waals surface area (Å²) in [7, 11) is 1.67. The van der Waals surface area contributed by atoms with Crippen molar-refractivity contribution in [2.75, 3.05) is 50.1 Å². The number of benzene rings is 2. The number of hydrogen-bond acceptors (Lipinski definition) is 4. The first-order valence-corrected chi connectivity index (χ1v) is 9.11. The first kappa shape index (κ1) is 18.4. The van der Waals surface area contributed by atoms with Gasteiger partial charge in [0.15, 0.2) is 0 Å². The molecule has 26 heavy (non-hydrogen) atoms. The highest BCUT2D eigenvalue weighted by Crippen LogP contribution is 2.21. The molecule has 2 aromatic rings. The summed E-state index contributed by atoms with van der Waals surface area (Å²) < 4.78 is 5.20. The Kier molecular flexibility index (Phi) is 5.89. The quantitative estimate of drug-likeness (QED) is 0.872. The van der Waals surface area contributed by atoms with Crippen molar-refractivity contribution in [3.05, 3.63) is 53.1 Å². The molecular formula is C20H24ClN3O2. The van der Waals surface area contributed by atoms with Gasteiger partial charge in [-0.3, -0.25) is 4.79 Å². The molecule has 0 aliphatic carbocycles. The number of nitrogens with one attached hydrogen (secondary N) is 1. The second kappa shape index (κ2) is 8.32. The number of halogens is 1. The van der Waals surface area contributed by atoms with Crippen molar-refractivity contribution in [2.24, 2.45) is 0 Å². The van der Waals surface area contributed by atoms with Crippen LogP contribution in [0.3, 0.4) is 0 Å². The van der Waals surface area contributed by atoms with Gasteiger partial charge in [-0.05, 0) is 55.0 Å². The van der Waals surface area contributed by atoms with E-state index in [2.05, 4.69) is 22.3 Å². The van der Waals surface area contributed by atoms with Crippen molar-refractivity contribution in [1.82, 2.24) is 4.90 Å². The van der Waals surface area contributed by atoms with Crippen LogP contribution < -0.4 is 15.0 Å². The summed E-state index contributed by atoms with van der Waals surface area (Å²) >= 11 is 5.97. The molecule has 1 amide bonds. The highest BCUT2D eigenvalue weighted by molar-refractivity contribution is 6.30. The highest BCUT2D eigenvalue weighted by Gasteiger charge is 2.21. The maximum Gasteiger partial charge on any atom is 0.241 e. The van der Waals surface area contributed by atoms with Gasteiger partial charge in [-0.15, -0.1) is 0 Å². The number of nitrogens with zero attached hydrogens (tertiary/aromatic N) is 2. The standard InChI is InChI=1S/C20H24ClN3O2/c1-15-13-16(21)3-8-19(15)22-14-20(25)24-11-9-23(10-12-24)17-4-6-18(26-2)7-5-17/h3-8,13,22H,9-12,14H2,1-2H3. The van der Waals surface area contributed by atoms with Crippen LogP contribution in [0.5, 0.6) is 5.75 Å². The number of anilines is 2. The van der Waals surface area contributed by atoms with E-state index in [1.165, 1.54) is 0 Å². The van der Waals surface area contributed by atoms with Gasteiger partial charge in [-0.25, -0.2) is 0 Å². The Hall–Kier alpha value is -2.40. The van der Waals surface area contributed by atoms with Crippen molar-refractivity contribution in [2.45, 2.75) is 6.92 Å². The monoisotopic (exact) mass is 373 g/mol. The lowest BCUT2D eigenvalue weighted by molar-refractivity contribution is -0.129. The first-order valence-electron chi connectivity index (χ1n) is 8.73. The minimum atomic E-state index is 0.119. The molecule has 0 aromatic heterocycles. The third-order valence-corrected chi connectivity index (χ3v) is 4.92. The van der Waals surface area contributed by atoms with Crippen LogP contribution in [0.25, 0.3) is 0 Å². The Morgan fingerprint density at radius 1 is 1.12 bits per heavy atom. The molecule has 0 saturated carbocycles. The summed E-state index contributed by atoms with van der Waals surface area (Å²) in [4.78, 5) is 16.7. The average molecular weight is 374 g/mol. The largest absolute Gasteiger partial charge is 0.497 e. The number of carbonyl (C=O) groups excluding carboxylic acids is 1. The topological polar surface area (TPSA) is 44.8 Å². The Morgan fingerprint density at radius 2 is 1.81 bits per heavy atom. The minimum absolute atomic E-state index is 0.119. The van der Waals surface area contributed by atoms with Crippen LogP contribution in [-0.2, 0) is 4.79 Å². The van der Waals surface area contributed by atoms with Crippen LogP contribution in [0, 0.1) is 6.92 Å². The molecule has 138 valence electrons. The van der Waals surface area contributed by atoms with E-state index in [9.17, 15) is 4.79 Å². The summed E-state index contributed by atoms with van der Waals surface area (Å²) in [6.45, 7) is 5.39. The van der Waals surface area contributed by atoms with Gasteiger partial charge in [0.25, 0.3) is 0 Å². The Morgan fingerprint density at radius 3 is 2.42 bits per heavy atom. The molecule has 1 fully saturated rings. The summed E-state index contributed by atoms with van der Waals surface area (Å²) in [5.41, 5.74) is 3.14. The maximum absolute atomic E-state index is 12.5. The van der Waals surface area contributed by atoms with Crippen molar-refractivity contribution in [1.29, 1.82) is 0 Å². The molecule has 0 atom stereocenters. The van der Waals surface area contributed by atoms with E-state index in [1.807, 2.05) is 42.2 Å². The molecule has 6 heteroatoms. The first-order chi connectivity index (χ1) is 12.6. The zero-order valence-electron chi connectivity index (χ0n) is 15.2. The van der Waals surface area contributed by atoms with E-state index >= 15 is 0 Å². The summed E-state index contributed by atoms with van der Waals surface area (Å²) in [6.07, 6.45) is 0. The number of rotatable bonds is 5. The molecule has 1 saturated heterocycles. The van der Waals surface area contributed by atoms with Crippen molar-refractivity contribution in [3.8, 4) is 5.75 Å². The number of aryl methyl sites for hydroxylation is 1. The Balaban J connectivity index is 1.50. The highest BCUT2D eigenvalue weighted by atomic mass is 35.5. The number of carbonyl (C=O) groups is 1. The minimum Gasteiger partial charge on any atom is -0.497 e. The third kappa shape index (κ3) is 4.41. The fraction of sp³-hybridized carbons (Fsp3) is 0.350. The lowest BCUT2D eigenvalue weighted by atomic mass is 10.2. The molecule has 1 N–H and O–H groups in total. The van der Waals surface area contributed by atoms with Crippen LogP contribution in [0.15, 0.2) is 42.5 Å². The van der Waals surface area contributed by atoms with E-state index in [0.717, 1.165) is 48.9 Å². The van der Waals surface area contributed by atoms with Crippen molar-refractivity contribution >= 4 is 28.9 Å². The van der Waals surface area contributed by atoms with Crippen LogP contribution in [-0.4, -0.2) is 50.6 Å². The number of piperazine rings is 1. The smallest absolute Gasteiger partial charge is 0.241 e. The van der Waals surface area contributed by atoms with Gasteiger partial charge in [0.1, 0.15) is 5.75 Å². The second-order valence-electron chi connectivity index (χ2n) is 6.38. The molecule has 0 spiro atoms. The predicted octanol–water partition coefficient (Wildman–Crippen LogP) is 3.42. The molecule has 0 bridgehead atoms. The van der Waals surface area contributed by atoms with Gasteiger partial charge in [0, 0.05) is 42.6 Å². The summed E-state index contributed by atoms with van der Waals surface area (Å²) in [5.74, 6) is 0.972. The molecular weight excluding hydrogens is 350 g/mol. The van der Waals surface area contributed by atoms with Gasteiger partial charge in [0.05, 0.1) is 13.7 Å². The number of methoxy groups -OCH3 is 1. The van der Waals surface area contributed by atoms with Crippen molar-refractivity contribution in [3.63, 3.8) is 0 Å². The van der Waals surface area contributed by atoms with Crippen LogP contribution in [0.4, 0.5) is 11.4 Å². The van der Waals surface area contributed by atoms with Gasteiger partial charge in [-0.1, -0.05) is 11.6 Å². The third-order valence-electron chi connectivity index (χ3n) is 4.69. The fourth-order valence-corrected chi connectivity index (χ4v) is 3.34. The van der Waals surface area contributed by atoms with E-state index < -0.39 is 0 Å². The Bertz CT molecular complexity index is 756. The maximum atomic E-state index is 12.5. The predicted molar refractivity (Wildman–Crippen MR) is 106 cm³/mol. The van der Waals surface area contributed by atoms with E-state index in [-0.39, 0.29) is 5.91 Å². The molecule has 0 unspecified atom stereocenters. The Labute approximate surface area is 159 Å². The zero-order chi connectivity index (χ0) is 18.5. The SMILES string of the molecule is COc1ccc(N2CCN(C(=O)CNc3ccc(Cl)cc3C)CC2)cc1. The molecule has 1 heterocycles. The number of amides is 1.